The van der Waals surface area contributed by atoms with Crippen LogP contribution < -0.4 is 10.6 Å². The Balaban J connectivity index is 2.07. The minimum atomic E-state index is 0.216. The number of hydrogen-bond donors (Lipinski definition) is 2. The number of fused-ring (bicyclic) bond motifs is 1. The normalized spacial score (nSPS) is 11.1. The van der Waals surface area contributed by atoms with E-state index in [1.165, 1.54) is 0 Å². The molecule has 3 rings (SSSR count). The van der Waals surface area contributed by atoms with Crippen LogP contribution in [0.1, 0.15) is 33.2 Å². The van der Waals surface area contributed by atoms with Crippen LogP contribution in [0.25, 0.3) is 11.2 Å². The Morgan fingerprint density at radius 1 is 1.26 bits per heavy atom. The van der Waals surface area contributed by atoms with E-state index in [9.17, 15) is 0 Å². The number of nitrogens with zero attached hydrogens (tertiary/aromatic N) is 5. The first-order valence-electron chi connectivity index (χ1n) is 7.84. The van der Waals surface area contributed by atoms with Gasteiger partial charge in [-0.15, -0.1) is 0 Å². The molecule has 0 aliphatic carbocycles. The molecule has 3 aromatic rings. The molecule has 0 aliphatic rings. The summed E-state index contributed by atoms with van der Waals surface area (Å²) in [4.78, 5) is 17.6. The van der Waals surface area contributed by atoms with Crippen molar-refractivity contribution in [1.29, 1.82) is 0 Å². The molecule has 0 bridgehead atoms. The molecule has 0 radical (unpaired) electrons. The quantitative estimate of drug-likeness (QED) is 0.726. The van der Waals surface area contributed by atoms with Crippen LogP contribution in [-0.4, -0.2) is 31.0 Å². The lowest BCUT2D eigenvalue weighted by molar-refractivity contribution is 0.620. The first kappa shape index (κ1) is 15.2. The van der Waals surface area contributed by atoms with Crippen LogP contribution in [-0.2, 0) is 0 Å². The van der Waals surface area contributed by atoms with Crippen LogP contribution in [0, 0.1) is 0 Å². The van der Waals surface area contributed by atoms with Crippen molar-refractivity contribution in [3.05, 3.63) is 30.9 Å². The van der Waals surface area contributed by atoms with E-state index in [4.69, 9.17) is 4.98 Å². The summed E-state index contributed by atoms with van der Waals surface area (Å²) in [6, 6.07) is 4.06. The van der Waals surface area contributed by atoms with Gasteiger partial charge < -0.3 is 10.6 Å². The SMILES string of the molecule is CCCNc1ncnc2c1nc(Nc1cccnc1)n2C(C)C. The molecule has 7 heteroatoms. The molecule has 2 N–H and O–H groups in total. The fraction of sp³-hybridized carbons (Fsp3) is 0.375. The Morgan fingerprint density at radius 3 is 2.83 bits per heavy atom. The van der Waals surface area contributed by atoms with Crippen molar-refractivity contribution in [2.45, 2.75) is 33.2 Å². The fourth-order valence-corrected chi connectivity index (χ4v) is 2.42. The lowest BCUT2D eigenvalue weighted by atomic mass is 10.3. The van der Waals surface area contributed by atoms with Gasteiger partial charge in [0, 0.05) is 18.8 Å². The van der Waals surface area contributed by atoms with Gasteiger partial charge in [0.25, 0.3) is 0 Å². The maximum absolute atomic E-state index is 4.72. The zero-order chi connectivity index (χ0) is 16.2. The lowest BCUT2D eigenvalue weighted by Gasteiger charge is -2.13. The Kier molecular flexibility index (Phi) is 4.36. The minimum absolute atomic E-state index is 0.216. The molecule has 120 valence electrons. The molecule has 3 heterocycles. The van der Waals surface area contributed by atoms with E-state index in [-0.39, 0.29) is 6.04 Å². The van der Waals surface area contributed by atoms with Gasteiger partial charge in [0.2, 0.25) is 5.95 Å². The molecule has 0 aliphatic heterocycles. The van der Waals surface area contributed by atoms with Crippen molar-refractivity contribution >= 4 is 28.6 Å². The average molecular weight is 311 g/mol. The molecule has 0 amide bonds. The molecular formula is C16H21N7. The molecule has 0 saturated carbocycles. The van der Waals surface area contributed by atoms with Gasteiger partial charge in [-0.2, -0.15) is 0 Å². The van der Waals surface area contributed by atoms with Crippen molar-refractivity contribution in [2.24, 2.45) is 0 Å². The van der Waals surface area contributed by atoms with Crippen molar-refractivity contribution in [3.8, 4) is 0 Å². The third-order valence-electron chi connectivity index (χ3n) is 3.45. The van der Waals surface area contributed by atoms with E-state index in [1.807, 2.05) is 12.1 Å². The summed E-state index contributed by atoms with van der Waals surface area (Å²) in [6.07, 6.45) is 6.12. The highest BCUT2D eigenvalue weighted by Gasteiger charge is 2.17. The molecule has 0 saturated heterocycles. The number of hydrogen-bond acceptors (Lipinski definition) is 6. The first-order chi connectivity index (χ1) is 11.2. The molecule has 7 nitrogen and oxygen atoms in total. The number of anilines is 3. The Hall–Kier alpha value is -2.70. The monoisotopic (exact) mass is 311 g/mol. The number of aromatic nitrogens is 5. The second-order valence-corrected chi connectivity index (χ2v) is 5.59. The molecular weight excluding hydrogens is 290 g/mol. The minimum Gasteiger partial charge on any atom is -0.368 e. The third-order valence-corrected chi connectivity index (χ3v) is 3.45. The molecule has 23 heavy (non-hydrogen) atoms. The highest BCUT2D eigenvalue weighted by molar-refractivity contribution is 5.85. The van der Waals surface area contributed by atoms with Crippen molar-refractivity contribution in [3.63, 3.8) is 0 Å². The number of nitrogens with one attached hydrogen (secondary N) is 2. The molecule has 0 aromatic carbocycles. The summed E-state index contributed by atoms with van der Waals surface area (Å²) < 4.78 is 2.07. The standard InChI is InChI=1S/C16H21N7/c1-4-7-18-14-13-15(20-10-19-14)23(11(2)3)16(22-13)21-12-6-5-8-17-9-12/h5-6,8-11H,4,7H2,1-3H3,(H,21,22)(H,18,19,20). The lowest BCUT2D eigenvalue weighted by Crippen LogP contribution is -2.07. The Labute approximate surface area is 135 Å². The summed E-state index contributed by atoms with van der Waals surface area (Å²) in [5.41, 5.74) is 2.49. The van der Waals surface area contributed by atoms with Gasteiger partial charge in [-0.05, 0) is 32.4 Å². The smallest absolute Gasteiger partial charge is 0.210 e. The maximum atomic E-state index is 4.72. The van der Waals surface area contributed by atoms with Crippen molar-refractivity contribution in [1.82, 2.24) is 24.5 Å². The van der Waals surface area contributed by atoms with E-state index < -0.39 is 0 Å². The van der Waals surface area contributed by atoms with Crippen molar-refractivity contribution < 1.29 is 0 Å². The van der Waals surface area contributed by atoms with Crippen LogP contribution in [0.3, 0.4) is 0 Å². The first-order valence-corrected chi connectivity index (χ1v) is 7.84. The van der Waals surface area contributed by atoms with Gasteiger partial charge in [-0.3, -0.25) is 9.55 Å². The van der Waals surface area contributed by atoms with Gasteiger partial charge in [-0.1, -0.05) is 6.92 Å². The Bertz CT molecular complexity index is 780. The van der Waals surface area contributed by atoms with E-state index in [0.717, 1.165) is 41.6 Å². The van der Waals surface area contributed by atoms with Gasteiger partial charge in [-0.25, -0.2) is 15.0 Å². The highest BCUT2D eigenvalue weighted by atomic mass is 15.3. The van der Waals surface area contributed by atoms with Crippen LogP contribution in [0.4, 0.5) is 17.5 Å². The molecule has 0 fully saturated rings. The van der Waals surface area contributed by atoms with Crippen LogP contribution in [0.5, 0.6) is 0 Å². The van der Waals surface area contributed by atoms with Crippen LogP contribution in [0.15, 0.2) is 30.9 Å². The van der Waals surface area contributed by atoms with Crippen molar-refractivity contribution in [2.75, 3.05) is 17.2 Å². The zero-order valence-corrected chi connectivity index (χ0v) is 13.6. The van der Waals surface area contributed by atoms with Gasteiger partial charge in [0.1, 0.15) is 6.33 Å². The largest absolute Gasteiger partial charge is 0.368 e. The van der Waals surface area contributed by atoms with E-state index in [2.05, 4.69) is 50.9 Å². The molecule has 0 atom stereocenters. The molecule has 0 spiro atoms. The predicted octanol–water partition coefficient (Wildman–Crippen LogP) is 3.37. The highest BCUT2D eigenvalue weighted by Crippen LogP contribution is 2.28. The third kappa shape index (κ3) is 3.08. The zero-order valence-electron chi connectivity index (χ0n) is 13.6. The molecule has 0 unspecified atom stereocenters. The Morgan fingerprint density at radius 2 is 2.13 bits per heavy atom. The summed E-state index contributed by atoms with van der Waals surface area (Å²) >= 11 is 0. The van der Waals surface area contributed by atoms with E-state index in [1.54, 1.807) is 18.7 Å². The number of rotatable bonds is 6. The maximum Gasteiger partial charge on any atom is 0.210 e. The predicted molar refractivity (Wildman–Crippen MR) is 92.0 cm³/mol. The summed E-state index contributed by atoms with van der Waals surface area (Å²) in [5.74, 6) is 1.51. The number of imidazole rings is 1. The summed E-state index contributed by atoms with van der Waals surface area (Å²) in [6.45, 7) is 7.19. The summed E-state index contributed by atoms with van der Waals surface area (Å²) in [5, 5.41) is 6.63. The topological polar surface area (TPSA) is 80.6 Å². The number of pyridine rings is 1. The van der Waals surface area contributed by atoms with Gasteiger partial charge >= 0.3 is 0 Å². The van der Waals surface area contributed by atoms with E-state index in [0.29, 0.717) is 0 Å². The van der Waals surface area contributed by atoms with Gasteiger partial charge in [0.15, 0.2) is 17.0 Å². The second-order valence-electron chi connectivity index (χ2n) is 5.59. The molecule has 3 aromatic heterocycles. The van der Waals surface area contributed by atoms with E-state index >= 15 is 0 Å². The van der Waals surface area contributed by atoms with Crippen LogP contribution in [0.2, 0.25) is 0 Å². The van der Waals surface area contributed by atoms with Crippen LogP contribution >= 0.6 is 0 Å². The fourth-order valence-electron chi connectivity index (χ4n) is 2.42. The summed E-state index contributed by atoms with van der Waals surface area (Å²) in [7, 11) is 0. The average Bonchev–Trinajstić information content (AvgIpc) is 2.92. The second kappa shape index (κ2) is 6.60. The van der Waals surface area contributed by atoms with Gasteiger partial charge in [0.05, 0.1) is 11.9 Å².